The number of likely N-dealkylation sites (tertiary alicyclic amines) is 3. The van der Waals surface area contributed by atoms with Gasteiger partial charge in [0.15, 0.2) is 0 Å². The third-order valence-electron chi connectivity index (χ3n) is 6.69. The number of amides is 1. The van der Waals surface area contributed by atoms with Gasteiger partial charge in [-0.3, -0.25) is 9.69 Å². The highest BCUT2D eigenvalue weighted by Crippen LogP contribution is 2.33. The lowest BCUT2D eigenvalue weighted by atomic mass is 9.94. The van der Waals surface area contributed by atoms with E-state index in [9.17, 15) is 4.79 Å². The van der Waals surface area contributed by atoms with Crippen LogP contribution in [0.2, 0.25) is 0 Å². The molecule has 5 heteroatoms. The molecule has 0 N–H and O–H groups in total. The average molecular weight is 335 g/mol. The molecule has 0 radical (unpaired) electrons. The lowest BCUT2D eigenvalue weighted by molar-refractivity contribution is -0.138. The zero-order chi connectivity index (χ0) is 16.4. The first-order valence-electron chi connectivity index (χ1n) is 10.1. The molecule has 0 unspecified atom stereocenters. The number of carbonyl (C=O) groups excluding carboxylic acids is 1. The summed E-state index contributed by atoms with van der Waals surface area (Å²) < 4.78 is 5.51. The topological polar surface area (TPSA) is 36.0 Å². The molecule has 0 aromatic carbocycles. The van der Waals surface area contributed by atoms with Crippen molar-refractivity contribution in [3.8, 4) is 0 Å². The van der Waals surface area contributed by atoms with Gasteiger partial charge in [0.05, 0.1) is 0 Å². The van der Waals surface area contributed by atoms with Gasteiger partial charge in [-0.1, -0.05) is 0 Å². The highest BCUT2D eigenvalue weighted by atomic mass is 16.5. The minimum atomic E-state index is 0.406. The van der Waals surface area contributed by atoms with E-state index >= 15 is 0 Å². The fraction of sp³-hybridized carbons (Fsp3) is 0.947. The van der Waals surface area contributed by atoms with Crippen LogP contribution in [0.5, 0.6) is 0 Å². The van der Waals surface area contributed by atoms with Gasteiger partial charge in [0.1, 0.15) is 0 Å². The number of hydrogen-bond donors (Lipinski definition) is 0. The van der Waals surface area contributed by atoms with Crippen LogP contribution < -0.4 is 0 Å². The second-order valence-electron chi connectivity index (χ2n) is 8.15. The van der Waals surface area contributed by atoms with E-state index in [0.29, 0.717) is 18.0 Å². The molecule has 4 heterocycles. The van der Waals surface area contributed by atoms with Crippen molar-refractivity contribution in [1.29, 1.82) is 0 Å². The van der Waals surface area contributed by atoms with E-state index in [4.69, 9.17) is 4.74 Å². The van der Waals surface area contributed by atoms with Gasteiger partial charge in [0.2, 0.25) is 5.91 Å². The van der Waals surface area contributed by atoms with Crippen molar-refractivity contribution in [1.82, 2.24) is 14.7 Å². The normalized spacial score (nSPS) is 33.3. The highest BCUT2D eigenvalue weighted by Gasteiger charge is 2.43. The Morgan fingerprint density at radius 2 is 1.71 bits per heavy atom. The molecular formula is C19H33N3O2. The van der Waals surface area contributed by atoms with Crippen LogP contribution in [-0.2, 0) is 9.53 Å². The Labute approximate surface area is 146 Å². The summed E-state index contributed by atoms with van der Waals surface area (Å²) in [4.78, 5) is 20.0. The van der Waals surface area contributed by atoms with Crippen LogP contribution in [0.1, 0.15) is 44.9 Å². The molecular weight excluding hydrogens is 302 g/mol. The fourth-order valence-electron chi connectivity index (χ4n) is 5.27. The number of ether oxygens (including phenoxy) is 1. The summed E-state index contributed by atoms with van der Waals surface area (Å²) in [6.45, 7) is 8.76. The summed E-state index contributed by atoms with van der Waals surface area (Å²) in [5.41, 5.74) is 0. The molecule has 136 valence electrons. The van der Waals surface area contributed by atoms with Gasteiger partial charge in [0.25, 0.3) is 0 Å². The molecule has 5 nitrogen and oxygen atoms in total. The molecule has 2 atom stereocenters. The first-order chi connectivity index (χ1) is 11.8. The van der Waals surface area contributed by atoms with E-state index in [1.165, 1.54) is 58.3 Å². The summed E-state index contributed by atoms with van der Waals surface area (Å²) >= 11 is 0. The van der Waals surface area contributed by atoms with Crippen LogP contribution in [0.15, 0.2) is 0 Å². The lowest BCUT2D eigenvalue weighted by Gasteiger charge is -2.41. The molecule has 0 bridgehead atoms. The smallest absolute Gasteiger partial charge is 0.222 e. The maximum Gasteiger partial charge on any atom is 0.222 e. The van der Waals surface area contributed by atoms with Crippen molar-refractivity contribution >= 4 is 5.91 Å². The standard InChI is InChI=1S/C19H33N3O2/c23-19-4-3-17-18(22(19)12-11-20-8-1-2-9-20)5-10-21(17)15-16-6-13-24-14-7-16/h16-18H,1-15H2/t17-,18-/m1/s1. The highest BCUT2D eigenvalue weighted by molar-refractivity contribution is 5.77. The molecule has 0 aliphatic carbocycles. The fourth-order valence-corrected chi connectivity index (χ4v) is 5.27. The number of hydrogen-bond acceptors (Lipinski definition) is 4. The van der Waals surface area contributed by atoms with Crippen molar-refractivity contribution in [3.05, 3.63) is 0 Å². The predicted molar refractivity (Wildman–Crippen MR) is 93.9 cm³/mol. The summed E-state index contributed by atoms with van der Waals surface area (Å²) in [5, 5.41) is 0. The predicted octanol–water partition coefficient (Wildman–Crippen LogP) is 1.57. The molecule has 0 aromatic rings. The third-order valence-corrected chi connectivity index (χ3v) is 6.69. The molecule has 0 saturated carbocycles. The van der Waals surface area contributed by atoms with E-state index in [-0.39, 0.29) is 0 Å². The summed E-state index contributed by atoms with van der Waals surface area (Å²) in [5.74, 6) is 1.21. The zero-order valence-electron chi connectivity index (χ0n) is 15.0. The largest absolute Gasteiger partial charge is 0.381 e. The van der Waals surface area contributed by atoms with Gasteiger partial charge in [0, 0.05) is 57.9 Å². The van der Waals surface area contributed by atoms with Crippen molar-refractivity contribution in [2.45, 2.75) is 57.0 Å². The Balaban J connectivity index is 1.33. The maximum atomic E-state index is 12.5. The van der Waals surface area contributed by atoms with Gasteiger partial charge in [-0.05, 0) is 57.5 Å². The molecule has 4 saturated heterocycles. The van der Waals surface area contributed by atoms with E-state index in [2.05, 4.69) is 14.7 Å². The van der Waals surface area contributed by atoms with Gasteiger partial charge < -0.3 is 14.5 Å². The Bertz CT molecular complexity index is 432. The Hall–Kier alpha value is -0.650. The monoisotopic (exact) mass is 335 g/mol. The molecule has 0 aromatic heterocycles. The van der Waals surface area contributed by atoms with Crippen LogP contribution in [0.3, 0.4) is 0 Å². The summed E-state index contributed by atoms with van der Waals surface area (Å²) in [6, 6.07) is 1.10. The van der Waals surface area contributed by atoms with Gasteiger partial charge in [-0.15, -0.1) is 0 Å². The minimum Gasteiger partial charge on any atom is -0.381 e. The van der Waals surface area contributed by atoms with E-state index < -0.39 is 0 Å². The van der Waals surface area contributed by atoms with E-state index in [0.717, 1.165) is 45.1 Å². The molecule has 24 heavy (non-hydrogen) atoms. The minimum absolute atomic E-state index is 0.406. The molecule has 0 spiro atoms. The number of nitrogens with zero attached hydrogens (tertiary/aromatic N) is 3. The van der Waals surface area contributed by atoms with Crippen LogP contribution in [0, 0.1) is 5.92 Å². The molecule has 4 rings (SSSR count). The summed E-state index contributed by atoms with van der Waals surface area (Å²) in [6.07, 6.45) is 8.10. The number of fused-ring (bicyclic) bond motifs is 1. The first-order valence-corrected chi connectivity index (χ1v) is 10.1. The van der Waals surface area contributed by atoms with Gasteiger partial charge >= 0.3 is 0 Å². The molecule has 4 aliphatic rings. The number of rotatable bonds is 5. The average Bonchev–Trinajstić information content (AvgIpc) is 3.25. The van der Waals surface area contributed by atoms with E-state index in [1.807, 2.05) is 0 Å². The van der Waals surface area contributed by atoms with E-state index in [1.54, 1.807) is 0 Å². The molecule has 4 fully saturated rings. The third kappa shape index (κ3) is 3.63. The van der Waals surface area contributed by atoms with Crippen LogP contribution in [0.25, 0.3) is 0 Å². The zero-order valence-corrected chi connectivity index (χ0v) is 15.0. The Kier molecular flexibility index (Phi) is 5.40. The maximum absolute atomic E-state index is 12.5. The van der Waals surface area contributed by atoms with Crippen molar-refractivity contribution in [2.24, 2.45) is 5.92 Å². The van der Waals surface area contributed by atoms with Gasteiger partial charge in [-0.2, -0.15) is 0 Å². The lowest BCUT2D eigenvalue weighted by Crippen LogP contribution is -2.54. The van der Waals surface area contributed by atoms with Gasteiger partial charge in [-0.25, -0.2) is 0 Å². The second-order valence-corrected chi connectivity index (χ2v) is 8.15. The first kappa shape index (κ1) is 16.8. The molecule has 1 amide bonds. The van der Waals surface area contributed by atoms with Crippen molar-refractivity contribution < 1.29 is 9.53 Å². The van der Waals surface area contributed by atoms with Crippen LogP contribution >= 0.6 is 0 Å². The Morgan fingerprint density at radius 1 is 0.917 bits per heavy atom. The number of piperidine rings is 1. The quantitative estimate of drug-likeness (QED) is 0.764. The molecule has 4 aliphatic heterocycles. The SMILES string of the molecule is O=C1CC[C@@H]2[C@@H](CCN2CC2CCOCC2)N1CCN1CCCC1. The van der Waals surface area contributed by atoms with Crippen molar-refractivity contribution in [2.75, 3.05) is 52.5 Å². The van der Waals surface area contributed by atoms with Crippen LogP contribution in [-0.4, -0.2) is 85.2 Å². The van der Waals surface area contributed by atoms with Crippen LogP contribution in [0.4, 0.5) is 0 Å². The summed E-state index contributed by atoms with van der Waals surface area (Å²) in [7, 11) is 0. The number of carbonyl (C=O) groups is 1. The Morgan fingerprint density at radius 3 is 2.50 bits per heavy atom. The van der Waals surface area contributed by atoms with Crippen molar-refractivity contribution in [3.63, 3.8) is 0 Å². The second kappa shape index (κ2) is 7.71.